The Hall–Kier alpha value is -0.220. The largest absolute Gasteiger partial charge is 0.349 e. The molecule has 1 unspecified atom stereocenters. The second kappa shape index (κ2) is 4.57. The first kappa shape index (κ1) is 9.78. The minimum absolute atomic E-state index is 0.131. The van der Waals surface area contributed by atoms with Crippen molar-refractivity contribution in [3.05, 3.63) is 0 Å². The molecule has 1 atom stereocenters. The Morgan fingerprint density at radius 3 is 2.60 bits per heavy atom. The van der Waals surface area contributed by atoms with Crippen LogP contribution in [-0.4, -0.2) is 28.0 Å². The van der Waals surface area contributed by atoms with Crippen LogP contribution in [0.4, 0.5) is 0 Å². The van der Waals surface area contributed by atoms with Gasteiger partial charge in [-0.1, -0.05) is 0 Å². The molecule has 60 valence electrons. The maximum atomic E-state index is 10.5. The van der Waals surface area contributed by atoms with E-state index in [0.29, 0.717) is 0 Å². The molecule has 0 aliphatic carbocycles. The predicted molar refractivity (Wildman–Crippen MR) is 38.0 cm³/mol. The van der Waals surface area contributed by atoms with Gasteiger partial charge in [-0.15, -0.1) is 0 Å². The molecule has 0 bridgehead atoms. The molecule has 10 heavy (non-hydrogen) atoms. The van der Waals surface area contributed by atoms with Crippen molar-refractivity contribution in [2.75, 3.05) is 6.54 Å². The summed E-state index contributed by atoms with van der Waals surface area (Å²) in [7, 11) is -2.09. The predicted octanol–water partition coefficient (Wildman–Crippen LogP) is -1.30. The van der Waals surface area contributed by atoms with Crippen molar-refractivity contribution >= 4 is 14.3 Å². The fourth-order valence-electron chi connectivity index (χ4n) is 0.350. The van der Waals surface area contributed by atoms with Gasteiger partial charge in [0.25, 0.3) is 0 Å². The summed E-state index contributed by atoms with van der Waals surface area (Å²) in [6.45, 7) is 1.37. The maximum absolute atomic E-state index is 10.5. The zero-order valence-corrected chi connectivity index (χ0v) is 6.51. The third kappa shape index (κ3) is 3.74. The van der Waals surface area contributed by atoms with Crippen molar-refractivity contribution in [2.45, 2.75) is 12.7 Å². The first-order chi connectivity index (χ1) is 4.57. The van der Waals surface area contributed by atoms with E-state index in [4.69, 9.17) is 15.5 Å². The summed E-state index contributed by atoms with van der Waals surface area (Å²) in [5, 5.41) is 2.29. The monoisotopic (exact) mass is 166 g/mol. The number of hydrogen-bond acceptors (Lipinski definition) is 4. The Balaban J connectivity index is 3.57. The highest BCUT2D eigenvalue weighted by Crippen LogP contribution is 2.27. The lowest BCUT2D eigenvalue weighted by Gasteiger charge is -2.13. The molecule has 0 spiro atoms. The van der Waals surface area contributed by atoms with E-state index >= 15 is 0 Å². The van der Waals surface area contributed by atoms with Gasteiger partial charge >= 0.3 is 0 Å². The first-order valence-corrected chi connectivity index (χ1v) is 4.06. The van der Waals surface area contributed by atoms with Gasteiger partial charge in [0.15, 0.2) is 8.38 Å². The van der Waals surface area contributed by atoms with Crippen LogP contribution < -0.4 is 11.1 Å². The van der Waals surface area contributed by atoms with Gasteiger partial charge < -0.3 is 20.8 Å². The van der Waals surface area contributed by atoms with Gasteiger partial charge in [-0.2, -0.15) is 0 Å². The second-order valence-corrected chi connectivity index (χ2v) is 3.18. The lowest BCUT2D eigenvalue weighted by Crippen LogP contribution is -2.35. The number of carbonyl (C=O) groups excluding carboxylic acids is 1. The molecule has 6 heteroatoms. The molecule has 0 saturated carbocycles. The molecule has 5 nitrogen and oxygen atoms in total. The Bertz CT molecular complexity index is 119. The van der Waals surface area contributed by atoms with E-state index in [0.717, 1.165) is 0 Å². The average Bonchev–Trinajstić information content (AvgIpc) is 1.87. The standard InChI is InChI=1S/C4H11N2O3P/c1-3(10(8)9)6-4(7)2-5/h3,8-9H,2,5H2,1H3,(H,6,7). The third-order valence-corrected chi connectivity index (χ3v) is 1.72. The molecule has 0 aliphatic heterocycles. The third-order valence-electron chi connectivity index (χ3n) is 0.902. The van der Waals surface area contributed by atoms with Crippen LogP contribution in [0, 0.1) is 0 Å². The number of carbonyl (C=O) groups is 1. The van der Waals surface area contributed by atoms with E-state index in [-0.39, 0.29) is 12.5 Å². The molecular weight excluding hydrogens is 155 g/mol. The molecule has 0 aromatic heterocycles. The van der Waals surface area contributed by atoms with E-state index in [1.165, 1.54) is 6.92 Å². The van der Waals surface area contributed by atoms with Crippen LogP contribution in [0.5, 0.6) is 0 Å². The minimum Gasteiger partial charge on any atom is -0.349 e. The molecule has 0 radical (unpaired) electrons. The molecule has 0 saturated heterocycles. The summed E-state index contributed by atoms with van der Waals surface area (Å²) in [5.74, 6) is -0.992. The van der Waals surface area contributed by atoms with Crippen LogP contribution >= 0.6 is 8.38 Å². The molecular formula is C4H11N2O3P. The Morgan fingerprint density at radius 1 is 1.80 bits per heavy atom. The highest BCUT2D eigenvalue weighted by molar-refractivity contribution is 7.45. The molecule has 0 fully saturated rings. The topological polar surface area (TPSA) is 95.6 Å². The van der Waals surface area contributed by atoms with E-state index in [9.17, 15) is 4.79 Å². The lowest BCUT2D eigenvalue weighted by atomic mass is 10.6. The highest BCUT2D eigenvalue weighted by Gasteiger charge is 2.12. The number of nitrogens with one attached hydrogen (secondary N) is 1. The van der Waals surface area contributed by atoms with E-state index in [1.54, 1.807) is 0 Å². The zero-order chi connectivity index (χ0) is 8.15. The van der Waals surface area contributed by atoms with Gasteiger partial charge in [-0.25, -0.2) is 0 Å². The Labute approximate surface area is 60.1 Å². The van der Waals surface area contributed by atoms with Crippen molar-refractivity contribution in [3.8, 4) is 0 Å². The first-order valence-electron chi connectivity index (χ1n) is 2.74. The summed E-state index contributed by atoms with van der Waals surface area (Å²) in [6, 6.07) is 0. The maximum Gasteiger partial charge on any atom is 0.234 e. The van der Waals surface area contributed by atoms with Crippen molar-refractivity contribution < 1.29 is 14.6 Å². The van der Waals surface area contributed by atoms with E-state index in [1.807, 2.05) is 0 Å². The number of nitrogens with two attached hydrogens (primary N) is 1. The van der Waals surface area contributed by atoms with Crippen LogP contribution in [0.1, 0.15) is 6.92 Å². The number of rotatable bonds is 3. The summed E-state index contributed by atoms with van der Waals surface area (Å²) >= 11 is 0. The van der Waals surface area contributed by atoms with Crippen molar-refractivity contribution in [1.82, 2.24) is 5.32 Å². The summed E-state index contributed by atoms with van der Waals surface area (Å²) < 4.78 is 0. The van der Waals surface area contributed by atoms with Crippen LogP contribution in [-0.2, 0) is 4.79 Å². The van der Waals surface area contributed by atoms with Crippen LogP contribution in [0.25, 0.3) is 0 Å². The Kier molecular flexibility index (Phi) is 4.47. The van der Waals surface area contributed by atoms with E-state index in [2.05, 4.69) is 5.32 Å². The van der Waals surface area contributed by atoms with Crippen molar-refractivity contribution in [1.29, 1.82) is 0 Å². The smallest absolute Gasteiger partial charge is 0.234 e. The second-order valence-electron chi connectivity index (χ2n) is 1.77. The average molecular weight is 166 g/mol. The van der Waals surface area contributed by atoms with Crippen LogP contribution in [0.2, 0.25) is 0 Å². The molecule has 0 heterocycles. The van der Waals surface area contributed by atoms with Gasteiger partial charge in [-0.3, -0.25) is 4.79 Å². The van der Waals surface area contributed by atoms with Crippen molar-refractivity contribution in [3.63, 3.8) is 0 Å². The molecule has 0 aromatic carbocycles. The SMILES string of the molecule is CC(NC(=O)CN)P(O)O. The Morgan fingerprint density at radius 2 is 2.30 bits per heavy atom. The normalized spacial score (nSPS) is 13.3. The van der Waals surface area contributed by atoms with E-state index < -0.39 is 14.2 Å². The highest BCUT2D eigenvalue weighted by atomic mass is 31.2. The van der Waals surface area contributed by atoms with Gasteiger partial charge in [0.05, 0.1) is 12.3 Å². The quantitative estimate of drug-likeness (QED) is 0.392. The van der Waals surface area contributed by atoms with Gasteiger partial charge in [-0.05, 0) is 6.92 Å². The fourth-order valence-corrected chi connectivity index (χ4v) is 0.609. The molecule has 1 amide bonds. The summed E-state index contributed by atoms with van der Waals surface area (Å²) in [6.07, 6.45) is 0. The van der Waals surface area contributed by atoms with Gasteiger partial charge in [0, 0.05) is 0 Å². The van der Waals surface area contributed by atoms with Crippen molar-refractivity contribution in [2.24, 2.45) is 5.73 Å². The lowest BCUT2D eigenvalue weighted by molar-refractivity contribution is -0.119. The van der Waals surface area contributed by atoms with Gasteiger partial charge in [0.2, 0.25) is 5.91 Å². The molecule has 5 N–H and O–H groups in total. The molecule has 0 aliphatic rings. The van der Waals surface area contributed by atoms with Crippen LogP contribution in [0.15, 0.2) is 0 Å². The van der Waals surface area contributed by atoms with Crippen LogP contribution in [0.3, 0.4) is 0 Å². The molecule has 0 rings (SSSR count). The zero-order valence-electron chi connectivity index (χ0n) is 5.61. The number of hydrogen-bond donors (Lipinski definition) is 4. The summed E-state index contributed by atoms with van der Waals surface area (Å²) in [5.41, 5.74) is 4.95. The van der Waals surface area contributed by atoms with Gasteiger partial charge in [0.1, 0.15) is 0 Å². The minimum atomic E-state index is -2.09. The fraction of sp³-hybridized carbons (Fsp3) is 0.750. The number of amides is 1. The molecule has 0 aromatic rings. The summed E-state index contributed by atoms with van der Waals surface area (Å²) in [4.78, 5) is 27.5.